The Balaban J connectivity index is 1.84. The Labute approximate surface area is 142 Å². The molecule has 9 heteroatoms. The highest BCUT2D eigenvalue weighted by molar-refractivity contribution is 7.89. The second-order valence-corrected chi connectivity index (χ2v) is 7.76. The first-order valence-corrected chi connectivity index (χ1v) is 9.47. The predicted octanol–water partition coefficient (Wildman–Crippen LogP) is 2.26. The average molecular weight is 369 g/mol. The molecular formula is C15H15NO6S2. The number of nitrogens with one attached hydrogen (secondary N) is 1. The zero-order valence-electron chi connectivity index (χ0n) is 12.7. The van der Waals surface area contributed by atoms with Gasteiger partial charge >= 0.3 is 5.97 Å². The largest absolute Gasteiger partial charge is 0.486 e. The molecule has 0 saturated heterocycles. The second kappa shape index (κ2) is 6.42. The van der Waals surface area contributed by atoms with Crippen LogP contribution in [0.1, 0.15) is 28.2 Å². The van der Waals surface area contributed by atoms with Crippen LogP contribution in [-0.2, 0) is 10.0 Å². The van der Waals surface area contributed by atoms with E-state index >= 15 is 0 Å². The van der Waals surface area contributed by atoms with Crippen LogP contribution in [0.15, 0.2) is 34.5 Å². The van der Waals surface area contributed by atoms with E-state index in [2.05, 4.69) is 4.72 Å². The van der Waals surface area contributed by atoms with E-state index < -0.39 is 22.0 Å². The Kier molecular flexibility index (Phi) is 4.48. The van der Waals surface area contributed by atoms with Gasteiger partial charge in [-0.25, -0.2) is 17.9 Å². The van der Waals surface area contributed by atoms with Crippen molar-refractivity contribution in [1.82, 2.24) is 4.72 Å². The van der Waals surface area contributed by atoms with Crippen molar-refractivity contribution < 1.29 is 27.8 Å². The molecule has 0 spiro atoms. The Morgan fingerprint density at radius 3 is 2.67 bits per heavy atom. The molecule has 1 aliphatic rings. The lowest BCUT2D eigenvalue weighted by Crippen LogP contribution is -2.28. The molecule has 0 fully saturated rings. The number of fused-ring (bicyclic) bond motifs is 1. The van der Waals surface area contributed by atoms with Crippen molar-refractivity contribution in [1.29, 1.82) is 0 Å². The molecule has 3 rings (SSSR count). The lowest BCUT2D eigenvalue weighted by molar-refractivity contribution is 0.0698. The summed E-state index contributed by atoms with van der Waals surface area (Å²) < 4.78 is 38.4. The number of aromatic carboxylic acids is 1. The van der Waals surface area contributed by atoms with E-state index in [1.165, 1.54) is 11.4 Å². The minimum Gasteiger partial charge on any atom is -0.486 e. The topological polar surface area (TPSA) is 102 Å². The lowest BCUT2D eigenvalue weighted by atomic mass is 10.1. The van der Waals surface area contributed by atoms with E-state index in [9.17, 15) is 13.2 Å². The quantitative estimate of drug-likeness (QED) is 0.838. The highest BCUT2D eigenvalue weighted by Gasteiger charge is 2.26. The van der Waals surface area contributed by atoms with Gasteiger partial charge in [-0.15, -0.1) is 11.3 Å². The molecule has 2 heterocycles. The Hall–Kier alpha value is -2.10. The van der Waals surface area contributed by atoms with Gasteiger partial charge in [0.05, 0.1) is 0 Å². The van der Waals surface area contributed by atoms with Crippen molar-refractivity contribution in [2.75, 3.05) is 13.2 Å². The summed E-state index contributed by atoms with van der Waals surface area (Å²) in [6.07, 6.45) is 0. The maximum atomic E-state index is 12.5. The fourth-order valence-corrected chi connectivity index (χ4v) is 4.85. The van der Waals surface area contributed by atoms with E-state index in [0.717, 1.165) is 11.3 Å². The van der Waals surface area contributed by atoms with Gasteiger partial charge in [-0.05, 0) is 36.1 Å². The fraction of sp³-hybridized carbons (Fsp3) is 0.267. The standard InChI is InChI=1S/C15H15NO6S2/c1-9(10-2-3-11-12(8-10)22-6-5-21-11)16-24(19,20)13-4-7-23-14(13)15(17)18/h2-4,7-9,16H,5-6H2,1H3,(H,17,18). The van der Waals surface area contributed by atoms with Gasteiger partial charge in [0, 0.05) is 6.04 Å². The van der Waals surface area contributed by atoms with Gasteiger partial charge in [0.15, 0.2) is 11.5 Å². The number of rotatable bonds is 5. The number of ether oxygens (including phenoxy) is 2. The van der Waals surface area contributed by atoms with Crippen molar-refractivity contribution >= 4 is 27.3 Å². The van der Waals surface area contributed by atoms with Crippen LogP contribution < -0.4 is 14.2 Å². The number of carboxylic acid groups (broad SMARTS) is 1. The van der Waals surface area contributed by atoms with Crippen LogP contribution in [0, 0.1) is 0 Å². The normalized spacial score (nSPS) is 15.0. The molecule has 0 bridgehead atoms. The number of hydrogen-bond acceptors (Lipinski definition) is 6. The zero-order chi connectivity index (χ0) is 17.3. The summed E-state index contributed by atoms with van der Waals surface area (Å²) in [6.45, 7) is 2.59. The number of thiophene rings is 1. The average Bonchev–Trinajstić information content (AvgIpc) is 3.05. The maximum absolute atomic E-state index is 12.5. The van der Waals surface area contributed by atoms with E-state index in [4.69, 9.17) is 14.6 Å². The summed E-state index contributed by atoms with van der Waals surface area (Å²) in [6, 6.07) is 5.90. The molecule has 0 saturated carbocycles. The number of carboxylic acids is 1. The van der Waals surface area contributed by atoms with Crippen LogP contribution in [0.25, 0.3) is 0 Å². The second-order valence-electron chi connectivity index (χ2n) is 5.17. The first-order valence-electron chi connectivity index (χ1n) is 7.11. The fourth-order valence-electron chi connectivity index (χ4n) is 2.36. The zero-order valence-corrected chi connectivity index (χ0v) is 14.3. The molecule has 0 aliphatic carbocycles. The molecular weight excluding hydrogens is 354 g/mol. The van der Waals surface area contributed by atoms with E-state index in [-0.39, 0.29) is 9.77 Å². The maximum Gasteiger partial charge on any atom is 0.347 e. The van der Waals surface area contributed by atoms with Gasteiger partial charge in [0.1, 0.15) is 23.0 Å². The van der Waals surface area contributed by atoms with Gasteiger partial charge in [-0.2, -0.15) is 0 Å². The van der Waals surface area contributed by atoms with Crippen LogP contribution in [0.3, 0.4) is 0 Å². The highest BCUT2D eigenvalue weighted by Crippen LogP contribution is 2.33. The summed E-state index contributed by atoms with van der Waals surface area (Å²) in [7, 11) is -3.95. The molecule has 128 valence electrons. The molecule has 2 aromatic rings. The third kappa shape index (κ3) is 3.23. The van der Waals surface area contributed by atoms with Gasteiger partial charge < -0.3 is 14.6 Å². The van der Waals surface area contributed by atoms with E-state index in [1.54, 1.807) is 25.1 Å². The van der Waals surface area contributed by atoms with Crippen LogP contribution in [-0.4, -0.2) is 32.7 Å². The van der Waals surface area contributed by atoms with Crippen LogP contribution in [0.2, 0.25) is 0 Å². The summed E-state index contributed by atoms with van der Waals surface area (Å²) in [5, 5.41) is 10.5. The molecule has 0 amide bonds. The minimum absolute atomic E-state index is 0.211. The van der Waals surface area contributed by atoms with E-state index in [0.29, 0.717) is 30.3 Å². The molecule has 1 aromatic heterocycles. The first kappa shape index (κ1) is 16.7. The summed E-state index contributed by atoms with van der Waals surface area (Å²) >= 11 is 0.871. The number of hydrogen-bond donors (Lipinski definition) is 2. The van der Waals surface area contributed by atoms with E-state index in [1.807, 2.05) is 0 Å². The van der Waals surface area contributed by atoms with Crippen LogP contribution in [0.4, 0.5) is 0 Å². The summed E-state index contributed by atoms with van der Waals surface area (Å²) in [5.74, 6) is -0.0880. The predicted molar refractivity (Wildman–Crippen MR) is 87.4 cm³/mol. The lowest BCUT2D eigenvalue weighted by Gasteiger charge is -2.21. The van der Waals surface area contributed by atoms with Crippen molar-refractivity contribution in [3.8, 4) is 11.5 Å². The van der Waals surface area contributed by atoms with Gasteiger partial charge in [-0.1, -0.05) is 6.07 Å². The van der Waals surface area contributed by atoms with Crippen LogP contribution >= 0.6 is 11.3 Å². The van der Waals surface area contributed by atoms with Crippen molar-refractivity contribution in [2.24, 2.45) is 0 Å². The first-order chi connectivity index (χ1) is 11.4. The third-order valence-electron chi connectivity index (χ3n) is 3.51. The summed E-state index contributed by atoms with van der Waals surface area (Å²) in [4.78, 5) is 10.7. The third-order valence-corrected chi connectivity index (χ3v) is 6.13. The minimum atomic E-state index is -3.95. The molecule has 1 atom stereocenters. The van der Waals surface area contributed by atoms with Crippen LogP contribution in [0.5, 0.6) is 11.5 Å². The molecule has 1 aromatic carbocycles. The van der Waals surface area contributed by atoms with Crippen molar-refractivity contribution in [2.45, 2.75) is 17.9 Å². The van der Waals surface area contributed by atoms with Gasteiger partial charge in [-0.3, -0.25) is 0 Å². The molecule has 0 radical (unpaired) electrons. The SMILES string of the molecule is CC(NS(=O)(=O)c1ccsc1C(=O)O)c1ccc2c(c1)OCCO2. The van der Waals surface area contributed by atoms with Crippen molar-refractivity contribution in [3.63, 3.8) is 0 Å². The number of carbonyl (C=O) groups is 1. The number of sulfonamides is 1. The van der Waals surface area contributed by atoms with Gasteiger partial charge in [0.25, 0.3) is 0 Å². The molecule has 1 unspecified atom stereocenters. The highest BCUT2D eigenvalue weighted by atomic mass is 32.2. The Bertz CT molecular complexity index is 874. The smallest absolute Gasteiger partial charge is 0.347 e. The number of benzene rings is 1. The molecule has 24 heavy (non-hydrogen) atoms. The molecule has 7 nitrogen and oxygen atoms in total. The van der Waals surface area contributed by atoms with Gasteiger partial charge in [0.2, 0.25) is 10.0 Å². The Morgan fingerprint density at radius 1 is 1.25 bits per heavy atom. The van der Waals surface area contributed by atoms with Crippen molar-refractivity contribution in [3.05, 3.63) is 40.1 Å². The molecule has 2 N–H and O–H groups in total. The monoisotopic (exact) mass is 369 g/mol. The molecule has 1 aliphatic heterocycles. The Morgan fingerprint density at radius 2 is 1.96 bits per heavy atom. The summed E-state index contributed by atoms with van der Waals surface area (Å²) in [5.41, 5.74) is 0.690.